The Morgan fingerprint density at radius 3 is 2.62 bits per heavy atom. The molecule has 0 radical (unpaired) electrons. The molecule has 0 spiro atoms. The van der Waals surface area contributed by atoms with Crippen LogP contribution in [0.1, 0.15) is 11.3 Å². The van der Waals surface area contributed by atoms with Crippen molar-refractivity contribution in [2.24, 2.45) is 0 Å². The highest BCUT2D eigenvalue weighted by Crippen LogP contribution is 2.30. The quantitative estimate of drug-likeness (QED) is 0.815. The molecule has 0 aliphatic carbocycles. The second-order valence-corrected chi connectivity index (χ2v) is 4.84. The van der Waals surface area contributed by atoms with Crippen LogP contribution in [0.4, 0.5) is 27.6 Å². The number of rotatable bonds is 5. The van der Waals surface area contributed by atoms with Crippen LogP contribution in [0.15, 0.2) is 24.4 Å². The molecule has 0 fully saturated rings. The van der Waals surface area contributed by atoms with Gasteiger partial charge in [-0.3, -0.25) is 9.48 Å². The lowest BCUT2D eigenvalue weighted by Crippen LogP contribution is -2.20. The largest absolute Gasteiger partial charge is 0.435 e. The SMILES string of the molecule is O=C(Cn1cc(CCO)c(C(F)(F)F)n1)Nc1cc(F)ccc1F. The molecule has 0 aliphatic rings. The average Bonchev–Trinajstić information content (AvgIpc) is 2.86. The van der Waals surface area contributed by atoms with Crippen molar-refractivity contribution in [2.75, 3.05) is 11.9 Å². The van der Waals surface area contributed by atoms with E-state index in [0.29, 0.717) is 0 Å². The van der Waals surface area contributed by atoms with E-state index in [9.17, 15) is 26.7 Å². The highest BCUT2D eigenvalue weighted by atomic mass is 19.4. The number of carbonyl (C=O) groups is 1. The fourth-order valence-corrected chi connectivity index (χ4v) is 2.02. The minimum absolute atomic E-state index is 0.269. The van der Waals surface area contributed by atoms with Crippen LogP contribution >= 0.6 is 0 Å². The number of alkyl halides is 3. The minimum atomic E-state index is -4.74. The first-order valence-corrected chi connectivity index (χ1v) is 6.70. The van der Waals surface area contributed by atoms with Gasteiger partial charge < -0.3 is 10.4 Å². The average molecular weight is 349 g/mol. The molecule has 0 bridgehead atoms. The second kappa shape index (κ2) is 6.95. The summed E-state index contributed by atoms with van der Waals surface area (Å²) in [6.07, 6.45) is -4.05. The molecule has 24 heavy (non-hydrogen) atoms. The number of carbonyl (C=O) groups excluding carboxylic acids is 1. The van der Waals surface area contributed by atoms with E-state index in [4.69, 9.17) is 5.11 Å². The van der Waals surface area contributed by atoms with Gasteiger partial charge in [-0.05, 0) is 18.6 Å². The lowest BCUT2D eigenvalue weighted by Gasteiger charge is -2.07. The van der Waals surface area contributed by atoms with Gasteiger partial charge >= 0.3 is 6.18 Å². The Balaban J connectivity index is 2.15. The van der Waals surface area contributed by atoms with Crippen molar-refractivity contribution in [3.05, 3.63) is 47.3 Å². The fourth-order valence-electron chi connectivity index (χ4n) is 2.02. The van der Waals surface area contributed by atoms with Crippen LogP contribution in [0, 0.1) is 11.6 Å². The van der Waals surface area contributed by atoms with Crippen molar-refractivity contribution < 1.29 is 31.9 Å². The van der Waals surface area contributed by atoms with Crippen LogP contribution in [-0.2, 0) is 23.9 Å². The standard InChI is InChI=1S/C14H12F5N3O2/c15-9-1-2-10(16)11(5-9)20-12(24)7-22-6-8(3-4-23)13(21-22)14(17,18)19/h1-2,5-6,23H,3-4,7H2,(H,20,24). The number of amides is 1. The monoisotopic (exact) mass is 349 g/mol. The van der Waals surface area contributed by atoms with Crippen LogP contribution in [-0.4, -0.2) is 27.4 Å². The second-order valence-electron chi connectivity index (χ2n) is 4.84. The summed E-state index contributed by atoms with van der Waals surface area (Å²) in [6.45, 7) is -1.15. The van der Waals surface area contributed by atoms with Gasteiger partial charge in [0.05, 0.1) is 5.69 Å². The van der Waals surface area contributed by atoms with Gasteiger partial charge in [0, 0.05) is 24.4 Å². The zero-order valence-corrected chi connectivity index (χ0v) is 12.1. The number of halogens is 5. The van der Waals surface area contributed by atoms with Gasteiger partial charge in [-0.1, -0.05) is 0 Å². The Labute approximate surface area is 132 Å². The molecule has 0 unspecified atom stereocenters. The topological polar surface area (TPSA) is 67.2 Å². The number of hydrogen-bond donors (Lipinski definition) is 2. The lowest BCUT2D eigenvalue weighted by molar-refractivity contribution is -0.142. The normalized spacial score (nSPS) is 11.6. The third kappa shape index (κ3) is 4.28. The number of benzene rings is 1. The summed E-state index contributed by atoms with van der Waals surface area (Å²) in [6, 6.07) is 2.41. The van der Waals surface area contributed by atoms with Gasteiger partial charge in [0.1, 0.15) is 18.2 Å². The summed E-state index contributed by atoms with van der Waals surface area (Å²) in [5.41, 5.74) is -1.91. The van der Waals surface area contributed by atoms with Gasteiger partial charge in [0.2, 0.25) is 5.91 Å². The van der Waals surface area contributed by atoms with E-state index < -0.39 is 48.3 Å². The third-order valence-corrected chi connectivity index (χ3v) is 3.00. The van der Waals surface area contributed by atoms with E-state index in [1.807, 2.05) is 0 Å². The Kier molecular flexibility index (Phi) is 5.17. The molecule has 2 N–H and O–H groups in total. The van der Waals surface area contributed by atoms with Crippen molar-refractivity contribution in [1.82, 2.24) is 9.78 Å². The summed E-state index contributed by atoms with van der Waals surface area (Å²) >= 11 is 0. The van der Waals surface area contributed by atoms with Crippen LogP contribution in [0.5, 0.6) is 0 Å². The number of anilines is 1. The van der Waals surface area contributed by atoms with Crippen molar-refractivity contribution in [3.8, 4) is 0 Å². The van der Waals surface area contributed by atoms with Gasteiger partial charge in [-0.15, -0.1) is 0 Å². The first-order chi connectivity index (χ1) is 11.2. The molecule has 1 aromatic heterocycles. The van der Waals surface area contributed by atoms with E-state index in [-0.39, 0.29) is 12.0 Å². The van der Waals surface area contributed by atoms with Gasteiger partial charge in [0.25, 0.3) is 0 Å². The van der Waals surface area contributed by atoms with Crippen LogP contribution in [0.25, 0.3) is 0 Å². The van der Waals surface area contributed by atoms with Crippen molar-refractivity contribution in [2.45, 2.75) is 19.1 Å². The number of aliphatic hydroxyl groups is 1. The fraction of sp³-hybridized carbons (Fsp3) is 0.286. The smallest absolute Gasteiger partial charge is 0.396 e. The molecule has 1 aromatic carbocycles. The van der Waals surface area contributed by atoms with Crippen molar-refractivity contribution in [1.29, 1.82) is 0 Å². The van der Waals surface area contributed by atoms with Crippen molar-refractivity contribution in [3.63, 3.8) is 0 Å². The van der Waals surface area contributed by atoms with Crippen LogP contribution < -0.4 is 5.32 Å². The molecule has 5 nitrogen and oxygen atoms in total. The predicted molar refractivity (Wildman–Crippen MR) is 73.0 cm³/mol. The number of aromatic nitrogens is 2. The number of nitrogens with one attached hydrogen (secondary N) is 1. The number of hydrogen-bond acceptors (Lipinski definition) is 3. The molecular formula is C14H12F5N3O2. The summed E-state index contributed by atoms with van der Waals surface area (Å²) in [7, 11) is 0. The third-order valence-electron chi connectivity index (χ3n) is 3.00. The molecule has 0 saturated carbocycles. The number of nitrogens with zero attached hydrogens (tertiary/aromatic N) is 2. The van der Waals surface area contributed by atoms with E-state index >= 15 is 0 Å². The highest BCUT2D eigenvalue weighted by molar-refractivity contribution is 5.90. The molecular weight excluding hydrogens is 337 g/mol. The van der Waals surface area contributed by atoms with Gasteiger partial charge in [0.15, 0.2) is 5.69 Å². The van der Waals surface area contributed by atoms with Crippen LogP contribution in [0.2, 0.25) is 0 Å². The van der Waals surface area contributed by atoms with Gasteiger partial charge in [-0.2, -0.15) is 18.3 Å². The van der Waals surface area contributed by atoms with E-state index in [1.54, 1.807) is 0 Å². The molecule has 2 aromatic rings. The van der Waals surface area contributed by atoms with E-state index in [1.165, 1.54) is 0 Å². The Morgan fingerprint density at radius 1 is 1.29 bits per heavy atom. The van der Waals surface area contributed by atoms with Gasteiger partial charge in [-0.25, -0.2) is 8.78 Å². The molecule has 0 atom stereocenters. The van der Waals surface area contributed by atoms with Crippen molar-refractivity contribution >= 4 is 11.6 Å². The molecule has 2 rings (SSSR count). The maximum absolute atomic E-state index is 13.4. The summed E-state index contributed by atoms with van der Waals surface area (Å²) < 4.78 is 65.6. The Hall–Kier alpha value is -2.49. The Morgan fingerprint density at radius 2 is 2.00 bits per heavy atom. The summed E-state index contributed by atoms with van der Waals surface area (Å²) in [4.78, 5) is 11.8. The Bertz CT molecular complexity index is 742. The lowest BCUT2D eigenvalue weighted by atomic mass is 10.2. The summed E-state index contributed by atoms with van der Waals surface area (Å²) in [5.74, 6) is -2.55. The maximum Gasteiger partial charge on any atom is 0.435 e. The maximum atomic E-state index is 13.4. The highest BCUT2D eigenvalue weighted by Gasteiger charge is 2.37. The zero-order chi connectivity index (χ0) is 17.9. The van der Waals surface area contributed by atoms with E-state index in [0.717, 1.165) is 29.1 Å². The summed E-state index contributed by atoms with van der Waals surface area (Å²) in [5, 5.41) is 14.1. The minimum Gasteiger partial charge on any atom is -0.396 e. The zero-order valence-electron chi connectivity index (χ0n) is 12.1. The molecule has 1 amide bonds. The first kappa shape index (κ1) is 17.9. The predicted octanol–water partition coefficient (Wildman–Crippen LogP) is 2.35. The van der Waals surface area contributed by atoms with Crippen LogP contribution in [0.3, 0.4) is 0 Å². The molecule has 10 heteroatoms. The molecule has 0 saturated heterocycles. The molecule has 0 aliphatic heterocycles. The molecule has 130 valence electrons. The number of aliphatic hydroxyl groups excluding tert-OH is 1. The molecule has 1 heterocycles. The first-order valence-electron chi connectivity index (χ1n) is 6.70. The van der Waals surface area contributed by atoms with E-state index in [2.05, 4.69) is 10.4 Å².